The van der Waals surface area contributed by atoms with Crippen molar-refractivity contribution < 1.29 is 48.3 Å². The molecule has 0 saturated carbocycles. The summed E-state index contributed by atoms with van der Waals surface area (Å²) < 4.78 is 23.7. The molecule has 1 aromatic heterocycles. The third-order valence-corrected chi connectivity index (χ3v) is 12.3. The zero-order chi connectivity index (χ0) is 45.8. The second-order valence-corrected chi connectivity index (χ2v) is 16.0. The molecule has 6 atom stereocenters. The summed E-state index contributed by atoms with van der Waals surface area (Å²) in [4.78, 5) is 72.7. The molecule has 5 aromatic carbocycles. The number of rotatable bonds is 13. The summed E-state index contributed by atoms with van der Waals surface area (Å²) in [6, 6.07) is 34.4. The molecule has 336 valence electrons. The summed E-state index contributed by atoms with van der Waals surface area (Å²) in [7, 11) is 1.45. The average molecular weight is 890 g/mol. The van der Waals surface area contributed by atoms with Gasteiger partial charge in [0.15, 0.2) is 0 Å². The van der Waals surface area contributed by atoms with Crippen LogP contribution >= 0.6 is 0 Å². The van der Waals surface area contributed by atoms with Crippen LogP contribution < -0.4 is 15.0 Å². The molecule has 3 aliphatic heterocycles. The van der Waals surface area contributed by atoms with Crippen molar-refractivity contribution >= 4 is 40.6 Å². The van der Waals surface area contributed by atoms with Crippen LogP contribution in [0.15, 0.2) is 127 Å². The van der Waals surface area contributed by atoms with Crippen LogP contribution in [0.2, 0.25) is 0 Å². The highest BCUT2D eigenvalue weighted by Crippen LogP contribution is 2.66. The van der Waals surface area contributed by atoms with Gasteiger partial charge in [0.05, 0.1) is 61.1 Å². The van der Waals surface area contributed by atoms with Crippen molar-refractivity contribution in [1.29, 1.82) is 0 Å². The molecule has 4 heterocycles. The Labute approximate surface area is 380 Å². The Morgan fingerprint density at radius 1 is 0.848 bits per heavy atom. The minimum atomic E-state index is -2.12. The van der Waals surface area contributed by atoms with Crippen molar-refractivity contribution in [3.8, 4) is 17.6 Å². The number of amides is 3. The van der Waals surface area contributed by atoms with Crippen molar-refractivity contribution in [2.45, 2.75) is 42.6 Å². The number of ether oxygens (including phenoxy) is 4. The average Bonchev–Trinajstić information content (AvgIpc) is 3.99. The molecule has 66 heavy (non-hydrogen) atoms. The number of aliphatic hydroxyl groups excluding tert-OH is 2. The largest absolute Gasteiger partial charge is 0.491 e. The number of benzene rings is 5. The van der Waals surface area contributed by atoms with Gasteiger partial charge < -0.3 is 39.5 Å². The van der Waals surface area contributed by atoms with Gasteiger partial charge in [-0.1, -0.05) is 103 Å². The predicted molar refractivity (Wildman–Crippen MR) is 241 cm³/mol. The number of hydrogen-bond donors (Lipinski definition) is 4. The Kier molecular flexibility index (Phi) is 12.6. The van der Waals surface area contributed by atoms with E-state index in [1.165, 1.54) is 7.11 Å². The number of fused-ring (bicyclic) bond motifs is 4. The van der Waals surface area contributed by atoms with Crippen LogP contribution in [0, 0.1) is 17.8 Å². The lowest BCUT2D eigenvalue weighted by Crippen LogP contribution is -2.55. The van der Waals surface area contributed by atoms with E-state index in [-0.39, 0.29) is 63.0 Å². The third-order valence-electron chi connectivity index (χ3n) is 12.3. The molecule has 0 unspecified atom stereocenters. The molecule has 1 spiro atoms. The summed E-state index contributed by atoms with van der Waals surface area (Å²) in [6.07, 6.45) is -1.82. The van der Waals surface area contributed by atoms with E-state index in [4.69, 9.17) is 18.9 Å². The van der Waals surface area contributed by atoms with Crippen LogP contribution in [0.3, 0.4) is 0 Å². The van der Waals surface area contributed by atoms with Gasteiger partial charge in [-0.15, -0.1) is 0 Å². The number of aromatic amines is 1. The molecular formula is C51H47N5O10. The number of carbonyl (C=O) groups is 4. The lowest BCUT2D eigenvalue weighted by Gasteiger charge is -2.46. The van der Waals surface area contributed by atoms with Crippen LogP contribution in [0.1, 0.15) is 58.3 Å². The monoisotopic (exact) mass is 889 g/mol. The molecular weight excluding hydrogens is 843 g/mol. The number of imide groups is 1. The molecule has 0 bridgehead atoms. The van der Waals surface area contributed by atoms with Crippen molar-refractivity contribution in [3.05, 3.63) is 161 Å². The number of H-pyrrole nitrogens is 1. The number of methoxy groups -OCH3 is 1. The van der Waals surface area contributed by atoms with Gasteiger partial charge in [0.2, 0.25) is 11.8 Å². The minimum Gasteiger partial charge on any atom is -0.491 e. The van der Waals surface area contributed by atoms with E-state index >= 15 is 14.4 Å². The highest BCUT2D eigenvalue weighted by molar-refractivity contribution is 6.23. The first-order chi connectivity index (χ1) is 32.3. The fourth-order valence-corrected chi connectivity index (χ4v) is 9.80. The molecule has 4 N–H and O–H groups in total. The smallest absolute Gasteiger partial charge is 0.421 e. The number of aromatic nitrogens is 2. The van der Waals surface area contributed by atoms with E-state index in [0.29, 0.717) is 33.6 Å². The van der Waals surface area contributed by atoms with Gasteiger partial charge in [-0.05, 0) is 53.1 Å². The number of nitrogens with one attached hydrogen (secondary N) is 2. The maximum absolute atomic E-state index is 16.4. The van der Waals surface area contributed by atoms with Crippen molar-refractivity contribution in [1.82, 2.24) is 20.2 Å². The van der Waals surface area contributed by atoms with Crippen molar-refractivity contribution in [3.63, 3.8) is 0 Å². The van der Waals surface area contributed by atoms with Crippen molar-refractivity contribution in [2.24, 2.45) is 5.92 Å². The van der Waals surface area contributed by atoms with E-state index in [9.17, 15) is 15.0 Å². The molecule has 9 rings (SSSR count). The number of imidazole rings is 1. The van der Waals surface area contributed by atoms with Gasteiger partial charge in [-0.25, -0.2) is 14.7 Å². The fraction of sp³-hybridized carbons (Fsp3) is 0.275. The molecule has 2 saturated heterocycles. The zero-order valence-electron chi connectivity index (χ0n) is 36.0. The first-order valence-corrected chi connectivity index (χ1v) is 21.7. The van der Waals surface area contributed by atoms with Crippen LogP contribution in [0.4, 0.5) is 10.5 Å². The first-order valence-electron chi connectivity index (χ1n) is 21.7. The number of aliphatic hydroxyl groups is 2. The summed E-state index contributed by atoms with van der Waals surface area (Å²) in [5, 5.41) is 22.7. The zero-order valence-corrected chi connectivity index (χ0v) is 36.0. The summed E-state index contributed by atoms with van der Waals surface area (Å²) in [5.74, 6) is 2.81. The highest BCUT2D eigenvalue weighted by Gasteiger charge is 2.76. The Balaban J connectivity index is 1.34. The van der Waals surface area contributed by atoms with E-state index in [1.807, 2.05) is 89.8 Å². The van der Waals surface area contributed by atoms with Gasteiger partial charge in [0, 0.05) is 24.7 Å². The van der Waals surface area contributed by atoms with E-state index in [2.05, 4.69) is 27.1 Å². The van der Waals surface area contributed by atoms with Gasteiger partial charge in [-0.2, -0.15) is 0 Å². The highest BCUT2D eigenvalue weighted by atomic mass is 16.6. The number of carbonyl (C=O) groups excluding carboxylic acids is 4. The summed E-state index contributed by atoms with van der Waals surface area (Å²) >= 11 is 0. The van der Waals surface area contributed by atoms with Crippen LogP contribution in [-0.2, 0) is 40.6 Å². The van der Waals surface area contributed by atoms with Crippen LogP contribution in [0.25, 0.3) is 11.0 Å². The first kappa shape index (κ1) is 43.9. The Morgan fingerprint density at radius 3 is 2.32 bits per heavy atom. The molecule has 0 radical (unpaired) electrons. The second-order valence-electron chi connectivity index (χ2n) is 16.0. The molecule has 2 fully saturated rings. The normalized spacial score (nSPS) is 22.0. The molecule has 0 aliphatic carbocycles. The van der Waals surface area contributed by atoms with E-state index in [1.54, 1.807) is 42.5 Å². The number of cyclic esters (lactones) is 1. The standard InChI is InChI=1S/C51H47N5O10/c1-63-28-29-65-50(62)55-39-24-23-32(14-12-13-25-57)30-36(39)51(49(55)61)42(47(59)52-31-41-53-37-20-9-10-21-38(37)54-41)44-48(60)66-45(34-17-6-3-7-18-34)43(33-15-4-2-5-16-33)56(44)46(51)35-19-8-11-22-40(35)64-27-26-58/h2-11,15-24,30,42-46,57-58H,13,25-29,31H2,1H3,(H,52,59)(H,53,54)/t42-,43-,44-,45+,46+,51-/m0/s1. The van der Waals surface area contributed by atoms with Crippen LogP contribution in [0.5, 0.6) is 5.75 Å². The van der Waals surface area contributed by atoms with E-state index in [0.717, 1.165) is 10.4 Å². The van der Waals surface area contributed by atoms with Gasteiger partial charge in [-0.3, -0.25) is 19.3 Å². The SMILES string of the molecule is COCCOC(=O)N1C(=O)[C@@]2(c3cc(C#CCCO)ccc31)[C@H](C(=O)NCc1nc3ccccc3[nH]1)[C@H]1C(=O)O[C@H](c3ccccc3)[C@H](c3ccccc3)N1[C@@H]2c1ccccc1OCCO. The fourth-order valence-electron chi connectivity index (χ4n) is 9.80. The summed E-state index contributed by atoms with van der Waals surface area (Å²) in [5.41, 5.74) is 1.84. The number of morpholine rings is 1. The number of anilines is 1. The van der Waals surface area contributed by atoms with Gasteiger partial charge >= 0.3 is 12.1 Å². The molecule has 15 nitrogen and oxygen atoms in total. The lowest BCUT2D eigenvalue weighted by molar-refractivity contribution is -0.178. The number of nitrogens with zero attached hydrogens (tertiary/aromatic N) is 3. The Hall–Kier alpha value is -7.35. The van der Waals surface area contributed by atoms with Gasteiger partial charge in [0.25, 0.3) is 0 Å². The Bertz CT molecular complexity index is 2790. The van der Waals surface area contributed by atoms with Crippen LogP contribution in [-0.4, -0.2) is 95.1 Å². The Morgan fingerprint density at radius 2 is 1.58 bits per heavy atom. The molecule has 3 amide bonds. The summed E-state index contributed by atoms with van der Waals surface area (Å²) in [6.45, 7) is -0.914. The lowest BCUT2D eigenvalue weighted by atomic mass is 9.65. The maximum atomic E-state index is 16.4. The third kappa shape index (κ3) is 7.73. The maximum Gasteiger partial charge on any atom is 0.421 e. The minimum absolute atomic E-state index is 0.0392. The molecule has 15 heteroatoms. The molecule has 3 aliphatic rings. The number of para-hydroxylation sites is 3. The number of esters is 1. The molecule has 6 aromatic rings. The quantitative estimate of drug-likeness (QED) is 0.0654. The predicted octanol–water partition coefficient (Wildman–Crippen LogP) is 5.43. The van der Waals surface area contributed by atoms with Gasteiger partial charge in [0.1, 0.15) is 42.3 Å². The van der Waals surface area contributed by atoms with E-state index < -0.39 is 59.4 Å². The number of hydrogen-bond acceptors (Lipinski definition) is 12. The van der Waals surface area contributed by atoms with Crippen molar-refractivity contribution in [2.75, 3.05) is 45.0 Å². The second kappa shape index (κ2) is 19.0. The topological polar surface area (TPSA) is 193 Å².